The lowest BCUT2D eigenvalue weighted by Crippen LogP contribution is -2.36. The molecule has 0 fully saturated rings. The Morgan fingerprint density at radius 2 is 1.71 bits per heavy atom. The Morgan fingerprint density at radius 1 is 1.04 bits per heavy atom. The number of para-hydroxylation sites is 1. The number of carbonyl (C=O) groups excluding carboxylic acids is 2. The van der Waals surface area contributed by atoms with E-state index < -0.39 is 23.8 Å². The number of benzene rings is 1. The normalized spacial score (nSPS) is 20.3. The van der Waals surface area contributed by atoms with Crippen molar-refractivity contribution in [2.75, 3.05) is 21.3 Å². The Kier molecular flexibility index (Phi) is 5.39. The van der Waals surface area contributed by atoms with Crippen molar-refractivity contribution in [3.8, 4) is 5.75 Å². The van der Waals surface area contributed by atoms with Gasteiger partial charge in [0.25, 0.3) is 0 Å². The van der Waals surface area contributed by atoms with Crippen LogP contribution in [0.4, 0.5) is 0 Å². The lowest BCUT2D eigenvalue weighted by Gasteiger charge is -2.31. The second-order valence-electron chi connectivity index (χ2n) is 5.46. The first-order chi connectivity index (χ1) is 11.5. The Bertz CT molecular complexity index is 720. The van der Waals surface area contributed by atoms with Crippen molar-refractivity contribution in [3.63, 3.8) is 0 Å². The van der Waals surface area contributed by atoms with Crippen LogP contribution in [0.2, 0.25) is 0 Å². The van der Waals surface area contributed by atoms with Crippen LogP contribution >= 0.6 is 0 Å². The SMILES string of the molecule is COC(=O)C1=C(C)N=C(C)C(C(=O)OC)C1c1ccccc1OC. The summed E-state index contributed by atoms with van der Waals surface area (Å²) in [6.07, 6.45) is 0. The third-order valence-corrected chi connectivity index (χ3v) is 4.16. The predicted molar refractivity (Wildman–Crippen MR) is 89.1 cm³/mol. The zero-order valence-electron chi connectivity index (χ0n) is 14.5. The van der Waals surface area contributed by atoms with Gasteiger partial charge in [-0.05, 0) is 19.9 Å². The molecule has 2 rings (SSSR count). The lowest BCUT2D eigenvalue weighted by atomic mass is 9.75. The average Bonchev–Trinajstić information content (AvgIpc) is 2.59. The minimum absolute atomic E-state index is 0.336. The van der Waals surface area contributed by atoms with Gasteiger partial charge in [0.15, 0.2) is 0 Å². The predicted octanol–water partition coefficient (Wildman–Crippen LogP) is 2.49. The van der Waals surface area contributed by atoms with Crippen molar-refractivity contribution in [2.24, 2.45) is 10.9 Å². The molecule has 24 heavy (non-hydrogen) atoms. The molecule has 1 aromatic carbocycles. The van der Waals surface area contributed by atoms with E-state index >= 15 is 0 Å². The minimum Gasteiger partial charge on any atom is -0.496 e. The summed E-state index contributed by atoms with van der Waals surface area (Å²) in [4.78, 5) is 29.2. The highest BCUT2D eigenvalue weighted by molar-refractivity contribution is 6.07. The molecule has 0 spiro atoms. The molecule has 0 N–H and O–H groups in total. The van der Waals surface area contributed by atoms with E-state index in [1.54, 1.807) is 27.0 Å². The molecule has 6 heteroatoms. The Balaban J connectivity index is 2.73. The van der Waals surface area contributed by atoms with Crippen LogP contribution in [0.3, 0.4) is 0 Å². The molecule has 0 saturated heterocycles. The maximum atomic E-state index is 12.4. The fraction of sp³-hybridized carbons (Fsp3) is 0.389. The van der Waals surface area contributed by atoms with Crippen molar-refractivity contribution in [2.45, 2.75) is 19.8 Å². The van der Waals surface area contributed by atoms with Gasteiger partial charge in [-0.2, -0.15) is 0 Å². The number of rotatable bonds is 4. The Labute approximate surface area is 141 Å². The van der Waals surface area contributed by atoms with Gasteiger partial charge in [-0.3, -0.25) is 9.79 Å². The summed E-state index contributed by atoms with van der Waals surface area (Å²) in [5, 5.41) is 0. The molecule has 128 valence electrons. The first-order valence-electron chi connectivity index (χ1n) is 7.51. The van der Waals surface area contributed by atoms with Crippen molar-refractivity contribution in [1.82, 2.24) is 0 Å². The summed E-state index contributed by atoms with van der Waals surface area (Å²) in [5.41, 5.74) is 2.16. The molecule has 0 radical (unpaired) electrons. The molecule has 0 aliphatic carbocycles. The molecule has 1 aliphatic rings. The first-order valence-corrected chi connectivity index (χ1v) is 7.51. The number of ether oxygens (including phenoxy) is 3. The summed E-state index contributed by atoms with van der Waals surface area (Å²) in [5.74, 6) is -1.70. The molecule has 1 aliphatic heterocycles. The van der Waals surface area contributed by atoms with Gasteiger partial charge in [0.05, 0.1) is 26.9 Å². The fourth-order valence-corrected chi connectivity index (χ4v) is 3.10. The number of allylic oxidation sites excluding steroid dienone is 1. The zero-order valence-corrected chi connectivity index (χ0v) is 14.5. The summed E-state index contributed by atoms with van der Waals surface area (Å²) in [6.45, 7) is 3.48. The summed E-state index contributed by atoms with van der Waals surface area (Å²) < 4.78 is 15.3. The van der Waals surface area contributed by atoms with Crippen LogP contribution in [0, 0.1) is 5.92 Å². The number of esters is 2. The molecule has 0 amide bonds. The quantitative estimate of drug-likeness (QED) is 0.793. The van der Waals surface area contributed by atoms with Gasteiger partial charge in [0, 0.05) is 22.9 Å². The van der Waals surface area contributed by atoms with Crippen molar-refractivity contribution in [3.05, 3.63) is 41.1 Å². The first kappa shape index (κ1) is 17.7. The van der Waals surface area contributed by atoms with E-state index in [2.05, 4.69) is 4.99 Å². The molecular weight excluding hydrogens is 310 g/mol. The fourth-order valence-electron chi connectivity index (χ4n) is 3.10. The highest BCUT2D eigenvalue weighted by atomic mass is 16.5. The number of hydrogen-bond acceptors (Lipinski definition) is 6. The molecular formula is C18H21NO5. The van der Waals surface area contributed by atoms with E-state index in [1.165, 1.54) is 14.2 Å². The van der Waals surface area contributed by atoms with Crippen molar-refractivity contribution >= 4 is 17.7 Å². The number of hydrogen-bond donors (Lipinski definition) is 0. The monoisotopic (exact) mass is 331 g/mol. The standard InChI is InChI=1S/C18H21NO5/c1-10-14(17(20)23-4)16(12-8-6-7-9-13(12)22-3)15(11(2)19-10)18(21)24-5/h6-9,14,16H,1-5H3. The molecule has 0 saturated carbocycles. The third-order valence-electron chi connectivity index (χ3n) is 4.16. The van der Waals surface area contributed by atoms with Gasteiger partial charge in [-0.1, -0.05) is 18.2 Å². The number of aliphatic imine (C=N–C) groups is 1. The second kappa shape index (κ2) is 7.29. The van der Waals surface area contributed by atoms with Crippen molar-refractivity contribution < 1.29 is 23.8 Å². The van der Waals surface area contributed by atoms with Gasteiger partial charge in [-0.25, -0.2) is 4.79 Å². The maximum Gasteiger partial charge on any atom is 0.336 e. The second-order valence-corrected chi connectivity index (χ2v) is 5.46. The summed E-state index contributed by atoms with van der Waals surface area (Å²) in [7, 11) is 4.17. The molecule has 0 aromatic heterocycles. The van der Waals surface area contributed by atoms with E-state index in [0.29, 0.717) is 28.3 Å². The highest BCUT2D eigenvalue weighted by Crippen LogP contribution is 2.43. The van der Waals surface area contributed by atoms with Crippen LogP contribution < -0.4 is 4.74 Å². The van der Waals surface area contributed by atoms with Crippen LogP contribution in [-0.4, -0.2) is 39.0 Å². The minimum atomic E-state index is -0.718. The van der Waals surface area contributed by atoms with Gasteiger partial charge in [0.1, 0.15) is 11.7 Å². The molecule has 1 aromatic rings. The highest BCUT2D eigenvalue weighted by Gasteiger charge is 2.43. The molecule has 6 nitrogen and oxygen atoms in total. The van der Waals surface area contributed by atoms with E-state index in [-0.39, 0.29) is 0 Å². The number of nitrogens with zero attached hydrogens (tertiary/aromatic N) is 1. The van der Waals surface area contributed by atoms with E-state index in [9.17, 15) is 9.59 Å². The molecule has 1 heterocycles. The third kappa shape index (κ3) is 3.04. The van der Waals surface area contributed by atoms with Gasteiger partial charge >= 0.3 is 11.9 Å². The maximum absolute atomic E-state index is 12.4. The summed E-state index contributed by atoms with van der Waals surface area (Å²) in [6, 6.07) is 7.27. The number of carbonyl (C=O) groups is 2. The van der Waals surface area contributed by atoms with Crippen molar-refractivity contribution in [1.29, 1.82) is 0 Å². The Morgan fingerprint density at radius 3 is 2.29 bits per heavy atom. The van der Waals surface area contributed by atoms with E-state index in [4.69, 9.17) is 14.2 Å². The summed E-state index contributed by atoms with van der Waals surface area (Å²) >= 11 is 0. The van der Waals surface area contributed by atoms with Gasteiger partial charge in [0.2, 0.25) is 0 Å². The van der Waals surface area contributed by atoms with Crippen LogP contribution in [0.15, 0.2) is 40.5 Å². The van der Waals surface area contributed by atoms with Crippen LogP contribution in [-0.2, 0) is 19.1 Å². The topological polar surface area (TPSA) is 74.2 Å². The zero-order chi connectivity index (χ0) is 17.9. The largest absolute Gasteiger partial charge is 0.496 e. The smallest absolute Gasteiger partial charge is 0.336 e. The van der Waals surface area contributed by atoms with E-state index in [0.717, 1.165) is 0 Å². The van der Waals surface area contributed by atoms with Gasteiger partial charge in [-0.15, -0.1) is 0 Å². The average molecular weight is 331 g/mol. The number of methoxy groups -OCH3 is 3. The molecule has 2 atom stereocenters. The lowest BCUT2D eigenvalue weighted by molar-refractivity contribution is -0.143. The van der Waals surface area contributed by atoms with Crippen LogP contribution in [0.1, 0.15) is 25.3 Å². The molecule has 2 unspecified atom stereocenters. The molecule has 0 bridgehead atoms. The van der Waals surface area contributed by atoms with Crippen LogP contribution in [0.25, 0.3) is 0 Å². The van der Waals surface area contributed by atoms with E-state index in [1.807, 2.05) is 18.2 Å². The van der Waals surface area contributed by atoms with Gasteiger partial charge < -0.3 is 14.2 Å². The Hall–Kier alpha value is -2.63. The van der Waals surface area contributed by atoms with Crippen LogP contribution in [0.5, 0.6) is 5.75 Å².